The van der Waals surface area contributed by atoms with E-state index in [0.717, 1.165) is 10.8 Å². The van der Waals surface area contributed by atoms with Crippen LogP contribution in [0.4, 0.5) is 5.69 Å². The van der Waals surface area contributed by atoms with Gasteiger partial charge < -0.3 is 15.2 Å². The van der Waals surface area contributed by atoms with Crippen LogP contribution in [0, 0.1) is 0 Å². The number of hydrogen-bond acceptors (Lipinski definition) is 4. The van der Waals surface area contributed by atoms with Gasteiger partial charge in [0.05, 0.1) is 20.8 Å². The molecule has 0 aromatic heterocycles. The molecule has 8 heteroatoms. The van der Waals surface area contributed by atoms with E-state index in [9.17, 15) is 14.7 Å². The highest BCUT2D eigenvalue weighted by Gasteiger charge is 2.22. The number of carbonyl (C=O) groups excluding carboxylic acids is 2. The van der Waals surface area contributed by atoms with Crippen molar-refractivity contribution in [2.75, 3.05) is 5.32 Å². The Balaban J connectivity index is 1.74. The zero-order valence-corrected chi connectivity index (χ0v) is 16.8. The fourth-order valence-corrected chi connectivity index (χ4v) is 3.12. The molecule has 0 unspecified atom stereocenters. The summed E-state index contributed by atoms with van der Waals surface area (Å²) in [7, 11) is 0. The minimum atomic E-state index is -1.15. The molecule has 3 rings (SSSR count). The van der Waals surface area contributed by atoms with E-state index in [-0.39, 0.29) is 32.1 Å². The molecule has 0 spiro atoms. The summed E-state index contributed by atoms with van der Waals surface area (Å²) >= 11 is 17.8. The Bertz CT molecular complexity index is 1080. The summed E-state index contributed by atoms with van der Waals surface area (Å²) in [5.41, 5.74) is 0.198. The Morgan fingerprint density at radius 1 is 0.964 bits per heavy atom. The molecular formula is C20H14Cl3NO4. The third-order valence-corrected chi connectivity index (χ3v) is 5.04. The second-order valence-corrected chi connectivity index (χ2v) is 7.22. The van der Waals surface area contributed by atoms with Crippen LogP contribution >= 0.6 is 34.8 Å². The number of ether oxygens (including phenoxy) is 1. The first-order valence-corrected chi connectivity index (χ1v) is 9.28. The van der Waals surface area contributed by atoms with Crippen LogP contribution in [-0.4, -0.2) is 23.1 Å². The maximum atomic E-state index is 12.4. The molecule has 0 aliphatic rings. The first-order valence-electron chi connectivity index (χ1n) is 8.14. The zero-order valence-electron chi connectivity index (χ0n) is 14.5. The second-order valence-electron chi connectivity index (χ2n) is 6.00. The van der Waals surface area contributed by atoms with Gasteiger partial charge in [0.25, 0.3) is 5.91 Å². The lowest BCUT2D eigenvalue weighted by Crippen LogP contribution is -2.30. The Morgan fingerprint density at radius 3 is 2.25 bits per heavy atom. The van der Waals surface area contributed by atoms with Gasteiger partial charge in [0.2, 0.25) is 0 Å². The average molecular weight is 439 g/mol. The fraction of sp³-hybridized carbons (Fsp3) is 0.100. The largest absolute Gasteiger partial charge is 0.507 e. The molecule has 144 valence electrons. The molecule has 3 aromatic carbocycles. The number of fused-ring (bicyclic) bond motifs is 1. The van der Waals surface area contributed by atoms with Gasteiger partial charge in [0, 0.05) is 0 Å². The fourth-order valence-electron chi connectivity index (χ4n) is 2.52. The highest BCUT2D eigenvalue weighted by atomic mass is 35.5. The first-order chi connectivity index (χ1) is 13.3. The highest BCUT2D eigenvalue weighted by molar-refractivity contribution is 6.44. The molecule has 0 bridgehead atoms. The lowest BCUT2D eigenvalue weighted by Gasteiger charge is -2.15. The molecule has 0 saturated heterocycles. The summed E-state index contributed by atoms with van der Waals surface area (Å²) < 4.78 is 5.18. The Hall–Kier alpha value is -2.47. The maximum absolute atomic E-state index is 12.4. The third kappa shape index (κ3) is 4.33. The monoisotopic (exact) mass is 437 g/mol. The molecule has 5 nitrogen and oxygen atoms in total. The topological polar surface area (TPSA) is 75.6 Å². The summed E-state index contributed by atoms with van der Waals surface area (Å²) in [5.74, 6) is -1.68. The molecule has 2 N–H and O–H groups in total. The molecule has 0 aliphatic carbocycles. The molecule has 0 fully saturated rings. The van der Waals surface area contributed by atoms with Gasteiger partial charge in [0.1, 0.15) is 11.3 Å². The molecule has 0 saturated carbocycles. The van der Waals surface area contributed by atoms with E-state index in [1.165, 1.54) is 31.2 Å². The number of phenolic OH excluding ortho intramolecular Hbond substituents is 1. The molecule has 0 aliphatic heterocycles. The van der Waals surface area contributed by atoms with Gasteiger partial charge in [0.15, 0.2) is 6.10 Å². The van der Waals surface area contributed by atoms with Gasteiger partial charge in [-0.3, -0.25) is 4.79 Å². The number of amides is 1. The zero-order chi connectivity index (χ0) is 20.4. The van der Waals surface area contributed by atoms with E-state index in [1.54, 1.807) is 12.1 Å². The van der Waals surface area contributed by atoms with Crippen LogP contribution in [0.15, 0.2) is 48.5 Å². The van der Waals surface area contributed by atoms with Crippen molar-refractivity contribution in [3.63, 3.8) is 0 Å². The summed E-state index contributed by atoms with van der Waals surface area (Å²) in [4.78, 5) is 24.8. The van der Waals surface area contributed by atoms with E-state index >= 15 is 0 Å². The number of carbonyl (C=O) groups is 2. The number of rotatable bonds is 4. The summed E-state index contributed by atoms with van der Waals surface area (Å²) in [5, 5.41) is 14.8. The average Bonchev–Trinajstić information content (AvgIpc) is 2.65. The van der Waals surface area contributed by atoms with Gasteiger partial charge in [-0.25, -0.2) is 4.79 Å². The number of hydrogen-bond donors (Lipinski definition) is 2. The Kier molecular flexibility index (Phi) is 5.98. The van der Waals surface area contributed by atoms with Crippen molar-refractivity contribution < 1.29 is 19.4 Å². The van der Waals surface area contributed by atoms with Gasteiger partial charge in [-0.15, -0.1) is 0 Å². The van der Waals surface area contributed by atoms with Crippen LogP contribution in [0.1, 0.15) is 17.3 Å². The highest BCUT2D eigenvalue weighted by Crippen LogP contribution is 2.32. The Morgan fingerprint density at radius 2 is 1.57 bits per heavy atom. The molecule has 28 heavy (non-hydrogen) atoms. The van der Waals surface area contributed by atoms with Crippen LogP contribution in [0.2, 0.25) is 15.1 Å². The van der Waals surface area contributed by atoms with Crippen LogP contribution in [0.3, 0.4) is 0 Å². The Labute approximate surface area is 175 Å². The smallest absolute Gasteiger partial charge is 0.342 e. The third-order valence-electron chi connectivity index (χ3n) is 4.00. The standard InChI is InChI=1S/C20H14Cl3NO4/c1-10(19(26)24-17-9-15(22)14(21)8-16(17)23)28-20(27)13-6-11-4-2-3-5-12(11)7-18(13)25/h2-10,25H,1H3,(H,24,26)/t10-/m0/s1. The van der Waals surface area contributed by atoms with Gasteiger partial charge in [-0.1, -0.05) is 59.1 Å². The van der Waals surface area contributed by atoms with Gasteiger partial charge in [-0.2, -0.15) is 0 Å². The quantitative estimate of drug-likeness (QED) is 0.405. The number of aromatic hydroxyl groups is 1. The second kappa shape index (κ2) is 8.27. The minimum Gasteiger partial charge on any atom is -0.507 e. The van der Waals surface area contributed by atoms with Crippen molar-refractivity contribution in [2.24, 2.45) is 0 Å². The minimum absolute atomic E-state index is 0.0362. The van der Waals surface area contributed by atoms with E-state index in [0.29, 0.717) is 0 Å². The molecule has 1 atom stereocenters. The van der Waals surface area contributed by atoms with Crippen LogP contribution < -0.4 is 5.32 Å². The normalized spacial score (nSPS) is 11.9. The summed E-state index contributed by atoms with van der Waals surface area (Å²) in [6.45, 7) is 1.40. The van der Waals surface area contributed by atoms with Crippen molar-refractivity contribution in [1.29, 1.82) is 0 Å². The molecular weight excluding hydrogens is 425 g/mol. The lowest BCUT2D eigenvalue weighted by atomic mass is 10.1. The van der Waals surface area contributed by atoms with E-state index < -0.39 is 18.0 Å². The van der Waals surface area contributed by atoms with Gasteiger partial charge >= 0.3 is 5.97 Å². The number of phenols is 1. The van der Waals surface area contributed by atoms with E-state index in [2.05, 4.69) is 5.32 Å². The predicted octanol–water partition coefficient (Wildman–Crippen LogP) is 5.69. The number of halogens is 3. The SMILES string of the molecule is C[C@H](OC(=O)c1cc2ccccc2cc1O)C(=O)Nc1cc(Cl)c(Cl)cc1Cl. The predicted molar refractivity (Wildman–Crippen MR) is 111 cm³/mol. The summed E-state index contributed by atoms with van der Waals surface area (Å²) in [6, 6.07) is 13.0. The number of nitrogens with one attached hydrogen (secondary N) is 1. The first kappa shape index (κ1) is 20.3. The number of benzene rings is 3. The lowest BCUT2D eigenvalue weighted by molar-refractivity contribution is -0.123. The van der Waals surface area contributed by atoms with Gasteiger partial charge in [-0.05, 0) is 42.0 Å². The van der Waals surface area contributed by atoms with E-state index in [4.69, 9.17) is 39.5 Å². The molecule has 1 amide bonds. The van der Waals surface area contributed by atoms with Crippen molar-refractivity contribution in [1.82, 2.24) is 0 Å². The molecule has 0 radical (unpaired) electrons. The molecule has 0 heterocycles. The maximum Gasteiger partial charge on any atom is 0.342 e. The van der Waals surface area contributed by atoms with Crippen LogP contribution in [0.5, 0.6) is 5.75 Å². The van der Waals surface area contributed by atoms with Crippen LogP contribution in [0.25, 0.3) is 10.8 Å². The number of anilines is 1. The van der Waals surface area contributed by atoms with Crippen molar-refractivity contribution in [2.45, 2.75) is 13.0 Å². The van der Waals surface area contributed by atoms with Crippen LogP contribution in [-0.2, 0) is 9.53 Å². The summed E-state index contributed by atoms with van der Waals surface area (Å²) in [6.07, 6.45) is -1.15. The molecule has 3 aromatic rings. The van der Waals surface area contributed by atoms with Crippen molar-refractivity contribution in [3.05, 3.63) is 69.2 Å². The van der Waals surface area contributed by atoms with Crippen molar-refractivity contribution >= 4 is 63.1 Å². The van der Waals surface area contributed by atoms with E-state index in [1.807, 2.05) is 12.1 Å². The number of esters is 1. The van der Waals surface area contributed by atoms with Crippen molar-refractivity contribution in [3.8, 4) is 5.75 Å².